The molecule has 2 amide bonds. The second kappa shape index (κ2) is 4.80. The second-order valence-electron chi connectivity index (χ2n) is 8.04. The molecule has 0 unspecified atom stereocenters. The molecule has 0 radical (unpaired) electrons. The zero-order valence-corrected chi connectivity index (χ0v) is 15.1. The first kappa shape index (κ1) is 16.5. The summed E-state index contributed by atoms with van der Waals surface area (Å²) >= 11 is 1.41. The minimum atomic E-state index is -0.515. The molecule has 5 nitrogen and oxygen atoms in total. The van der Waals surface area contributed by atoms with E-state index in [1.807, 2.05) is 34.6 Å². The molecule has 0 bridgehead atoms. The summed E-state index contributed by atoms with van der Waals surface area (Å²) in [4.78, 5) is 25.4. The third-order valence-electron chi connectivity index (χ3n) is 4.71. The number of ether oxygens (including phenoxy) is 1. The van der Waals surface area contributed by atoms with E-state index in [0.29, 0.717) is 17.0 Å². The van der Waals surface area contributed by atoms with Crippen LogP contribution in [0, 0.1) is 5.41 Å². The zero-order chi connectivity index (χ0) is 17.2. The highest BCUT2D eigenvalue weighted by atomic mass is 32.1. The standard InChI is InChI=1S/C17H24N2O3S/c1-15(2)8-9-10(12(18)20)13(19-14(21)17(5)6-7-17)23-11(9)16(3,4)22-15/h6-8H2,1-5H3,(H2,18,20)(H,19,21). The molecule has 1 saturated carbocycles. The SMILES string of the molecule is CC1(C)Cc2c(sc(NC(=O)C3(C)CC3)c2C(N)=O)C(C)(C)O1. The van der Waals surface area contributed by atoms with Crippen LogP contribution in [0.2, 0.25) is 0 Å². The summed E-state index contributed by atoms with van der Waals surface area (Å²) in [6.45, 7) is 9.92. The topological polar surface area (TPSA) is 81.4 Å². The number of anilines is 1. The summed E-state index contributed by atoms with van der Waals surface area (Å²) in [5.74, 6) is -0.524. The van der Waals surface area contributed by atoms with Crippen molar-refractivity contribution in [2.45, 2.75) is 65.1 Å². The fraction of sp³-hybridized carbons (Fsp3) is 0.647. The maximum atomic E-state index is 12.4. The number of carbonyl (C=O) groups is 2. The van der Waals surface area contributed by atoms with Gasteiger partial charge in [-0.1, -0.05) is 6.92 Å². The first-order valence-corrected chi connectivity index (χ1v) is 8.74. The van der Waals surface area contributed by atoms with Crippen molar-refractivity contribution < 1.29 is 14.3 Å². The van der Waals surface area contributed by atoms with Crippen LogP contribution in [0.25, 0.3) is 0 Å². The van der Waals surface area contributed by atoms with Crippen LogP contribution in [0.1, 0.15) is 68.3 Å². The van der Waals surface area contributed by atoms with Crippen molar-refractivity contribution >= 4 is 28.2 Å². The number of nitrogens with one attached hydrogen (secondary N) is 1. The van der Waals surface area contributed by atoms with E-state index in [1.165, 1.54) is 11.3 Å². The van der Waals surface area contributed by atoms with Gasteiger partial charge in [-0.3, -0.25) is 9.59 Å². The summed E-state index contributed by atoms with van der Waals surface area (Å²) < 4.78 is 6.17. The lowest BCUT2D eigenvalue weighted by Crippen LogP contribution is -2.42. The Morgan fingerprint density at radius 3 is 2.30 bits per heavy atom. The van der Waals surface area contributed by atoms with Crippen LogP contribution in [0.15, 0.2) is 0 Å². The largest absolute Gasteiger partial charge is 0.365 e. The molecule has 0 saturated heterocycles. The molecule has 0 aromatic carbocycles. The van der Waals surface area contributed by atoms with Gasteiger partial charge in [-0.15, -0.1) is 11.3 Å². The average Bonchev–Trinajstić information content (AvgIpc) is 3.00. The molecule has 3 rings (SSSR count). The van der Waals surface area contributed by atoms with E-state index in [-0.39, 0.29) is 16.9 Å². The summed E-state index contributed by atoms with van der Waals surface area (Å²) in [6, 6.07) is 0. The first-order chi connectivity index (χ1) is 10.5. The van der Waals surface area contributed by atoms with Gasteiger partial charge < -0.3 is 15.8 Å². The molecular weight excluding hydrogens is 312 g/mol. The van der Waals surface area contributed by atoms with Gasteiger partial charge in [0.1, 0.15) is 5.00 Å². The van der Waals surface area contributed by atoms with Gasteiger partial charge in [0.2, 0.25) is 5.91 Å². The van der Waals surface area contributed by atoms with Crippen LogP contribution in [0.4, 0.5) is 5.00 Å². The molecule has 6 heteroatoms. The Morgan fingerprint density at radius 1 is 1.17 bits per heavy atom. The lowest BCUT2D eigenvalue weighted by atomic mass is 9.86. The Bertz CT molecular complexity index is 699. The van der Waals surface area contributed by atoms with Crippen LogP contribution >= 0.6 is 11.3 Å². The number of fused-ring (bicyclic) bond motifs is 1. The Morgan fingerprint density at radius 2 is 1.78 bits per heavy atom. The number of hydrogen-bond acceptors (Lipinski definition) is 4. The molecule has 1 aliphatic carbocycles. The molecule has 1 fully saturated rings. The fourth-order valence-corrected chi connectivity index (χ4v) is 4.59. The van der Waals surface area contributed by atoms with Crippen molar-refractivity contribution in [1.82, 2.24) is 0 Å². The quantitative estimate of drug-likeness (QED) is 0.889. The average molecular weight is 336 g/mol. The molecule has 2 aliphatic rings. The third-order valence-corrected chi connectivity index (χ3v) is 6.16. The van der Waals surface area contributed by atoms with E-state index in [9.17, 15) is 9.59 Å². The molecule has 0 atom stereocenters. The summed E-state index contributed by atoms with van der Waals surface area (Å²) in [5, 5.41) is 3.50. The Balaban J connectivity index is 2.07. The zero-order valence-electron chi connectivity index (χ0n) is 14.3. The van der Waals surface area contributed by atoms with Gasteiger partial charge in [0.25, 0.3) is 5.91 Å². The summed E-state index contributed by atoms with van der Waals surface area (Å²) in [7, 11) is 0. The van der Waals surface area contributed by atoms with Crippen LogP contribution in [0.3, 0.4) is 0 Å². The van der Waals surface area contributed by atoms with Gasteiger partial charge in [0.15, 0.2) is 0 Å². The number of rotatable bonds is 3. The highest BCUT2D eigenvalue weighted by Crippen LogP contribution is 2.50. The molecule has 126 valence electrons. The lowest BCUT2D eigenvalue weighted by molar-refractivity contribution is -0.135. The van der Waals surface area contributed by atoms with Crippen molar-refractivity contribution in [2.24, 2.45) is 11.1 Å². The highest BCUT2D eigenvalue weighted by Gasteiger charge is 2.47. The van der Waals surface area contributed by atoms with Crippen molar-refractivity contribution in [3.05, 3.63) is 16.0 Å². The maximum absolute atomic E-state index is 12.4. The predicted molar refractivity (Wildman–Crippen MR) is 90.7 cm³/mol. The summed E-state index contributed by atoms with van der Waals surface area (Å²) in [6.07, 6.45) is 2.38. The van der Waals surface area contributed by atoms with Crippen molar-refractivity contribution in [1.29, 1.82) is 0 Å². The summed E-state index contributed by atoms with van der Waals surface area (Å²) in [5.41, 5.74) is 5.80. The molecule has 1 aromatic rings. The molecular formula is C17H24N2O3S. The minimum Gasteiger partial charge on any atom is -0.365 e. The van der Waals surface area contributed by atoms with Crippen LogP contribution in [0.5, 0.6) is 0 Å². The Labute approximate surface area is 140 Å². The smallest absolute Gasteiger partial charge is 0.251 e. The van der Waals surface area contributed by atoms with Gasteiger partial charge in [0, 0.05) is 16.7 Å². The van der Waals surface area contributed by atoms with E-state index in [0.717, 1.165) is 23.3 Å². The van der Waals surface area contributed by atoms with E-state index in [4.69, 9.17) is 10.5 Å². The number of carbonyl (C=O) groups excluding carboxylic acids is 2. The van der Waals surface area contributed by atoms with E-state index in [1.54, 1.807) is 0 Å². The van der Waals surface area contributed by atoms with Crippen molar-refractivity contribution in [3.63, 3.8) is 0 Å². The molecule has 3 N–H and O–H groups in total. The van der Waals surface area contributed by atoms with Gasteiger partial charge in [0.05, 0.1) is 16.8 Å². The monoisotopic (exact) mass is 336 g/mol. The first-order valence-electron chi connectivity index (χ1n) is 7.93. The normalized spacial score (nSPS) is 23.0. The van der Waals surface area contributed by atoms with Crippen LogP contribution < -0.4 is 11.1 Å². The van der Waals surface area contributed by atoms with Gasteiger partial charge in [-0.25, -0.2) is 0 Å². The van der Waals surface area contributed by atoms with Gasteiger partial charge in [-0.05, 0) is 46.1 Å². The number of nitrogens with two attached hydrogens (primary N) is 1. The van der Waals surface area contributed by atoms with Crippen LogP contribution in [-0.2, 0) is 21.6 Å². The number of primary amides is 1. The molecule has 1 aromatic heterocycles. The number of thiophene rings is 1. The predicted octanol–water partition coefficient (Wildman–Crippen LogP) is 3.17. The second-order valence-corrected chi connectivity index (χ2v) is 9.06. The van der Waals surface area contributed by atoms with E-state index < -0.39 is 11.5 Å². The van der Waals surface area contributed by atoms with Gasteiger partial charge >= 0.3 is 0 Å². The van der Waals surface area contributed by atoms with Crippen molar-refractivity contribution in [3.8, 4) is 0 Å². The highest BCUT2D eigenvalue weighted by molar-refractivity contribution is 7.17. The van der Waals surface area contributed by atoms with E-state index in [2.05, 4.69) is 5.32 Å². The molecule has 23 heavy (non-hydrogen) atoms. The Hall–Kier alpha value is -1.40. The van der Waals surface area contributed by atoms with Crippen LogP contribution in [-0.4, -0.2) is 17.4 Å². The molecule has 2 heterocycles. The van der Waals surface area contributed by atoms with E-state index >= 15 is 0 Å². The fourth-order valence-electron chi connectivity index (χ4n) is 3.34. The van der Waals surface area contributed by atoms with Crippen molar-refractivity contribution in [2.75, 3.05) is 5.32 Å². The Kier molecular flexibility index (Phi) is 3.44. The number of hydrogen-bond donors (Lipinski definition) is 2. The maximum Gasteiger partial charge on any atom is 0.251 e. The number of amides is 2. The molecule has 0 spiro atoms. The van der Waals surface area contributed by atoms with Gasteiger partial charge in [-0.2, -0.15) is 0 Å². The minimum absolute atomic E-state index is 0.0309. The molecule has 1 aliphatic heterocycles. The third kappa shape index (κ3) is 2.78. The lowest BCUT2D eigenvalue weighted by Gasteiger charge is -2.41.